The minimum atomic E-state index is -0.224. The van der Waals surface area contributed by atoms with Gasteiger partial charge in [-0.1, -0.05) is 18.7 Å². The molecule has 126 valence electrons. The summed E-state index contributed by atoms with van der Waals surface area (Å²) in [5, 5.41) is 5.58. The molecule has 1 aromatic carbocycles. The Morgan fingerprint density at radius 2 is 2.08 bits per heavy atom. The summed E-state index contributed by atoms with van der Waals surface area (Å²) in [6.07, 6.45) is 1.96. The quantitative estimate of drug-likeness (QED) is 0.799. The fourth-order valence-electron chi connectivity index (χ4n) is 3.34. The zero-order chi connectivity index (χ0) is 17.1. The lowest BCUT2D eigenvalue weighted by molar-refractivity contribution is -0.123. The maximum Gasteiger partial charge on any atom is 0.253 e. The van der Waals surface area contributed by atoms with Crippen LogP contribution in [0.15, 0.2) is 36.9 Å². The van der Waals surface area contributed by atoms with Gasteiger partial charge >= 0.3 is 0 Å². The van der Waals surface area contributed by atoms with Crippen molar-refractivity contribution in [1.29, 1.82) is 0 Å². The maximum atomic E-state index is 12.6. The lowest BCUT2D eigenvalue weighted by atomic mass is 9.88. The molecule has 2 heterocycles. The first kappa shape index (κ1) is 16.2. The van der Waals surface area contributed by atoms with Crippen LogP contribution in [-0.2, 0) is 16.1 Å². The fourth-order valence-corrected chi connectivity index (χ4v) is 3.34. The van der Waals surface area contributed by atoms with E-state index in [0.29, 0.717) is 31.7 Å². The topological polar surface area (TPSA) is 78.5 Å². The summed E-state index contributed by atoms with van der Waals surface area (Å²) in [6, 6.07) is 7.23. The van der Waals surface area contributed by atoms with Gasteiger partial charge in [0.25, 0.3) is 5.91 Å². The number of hydrogen-bond acceptors (Lipinski definition) is 3. The average molecular weight is 327 g/mol. The van der Waals surface area contributed by atoms with E-state index in [9.17, 15) is 14.4 Å². The molecule has 0 radical (unpaired) electrons. The first-order chi connectivity index (χ1) is 11.6. The Hall–Kier alpha value is -2.63. The van der Waals surface area contributed by atoms with Crippen LogP contribution in [0.4, 0.5) is 0 Å². The van der Waals surface area contributed by atoms with Crippen molar-refractivity contribution in [3.63, 3.8) is 0 Å². The van der Waals surface area contributed by atoms with Gasteiger partial charge in [0.2, 0.25) is 11.8 Å². The largest absolute Gasteiger partial charge is 0.355 e. The molecule has 6 heteroatoms. The lowest BCUT2D eigenvalue weighted by Crippen LogP contribution is -2.44. The molecular weight excluding hydrogens is 306 g/mol. The van der Waals surface area contributed by atoms with Crippen LogP contribution in [0, 0.1) is 11.8 Å². The van der Waals surface area contributed by atoms with Gasteiger partial charge in [0.05, 0.1) is 0 Å². The number of likely N-dealkylation sites (tertiary alicyclic amines) is 1. The van der Waals surface area contributed by atoms with Crippen LogP contribution in [0.25, 0.3) is 0 Å². The van der Waals surface area contributed by atoms with Crippen molar-refractivity contribution >= 4 is 17.7 Å². The van der Waals surface area contributed by atoms with E-state index in [-0.39, 0.29) is 29.6 Å². The predicted molar refractivity (Wildman–Crippen MR) is 89.0 cm³/mol. The van der Waals surface area contributed by atoms with E-state index in [1.165, 1.54) is 6.08 Å². The van der Waals surface area contributed by atoms with E-state index >= 15 is 0 Å². The fraction of sp³-hybridized carbons (Fsp3) is 0.389. The normalized spacial score (nSPS) is 22.5. The van der Waals surface area contributed by atoms with Crippen LogP contribution < -0.4 is 10.6 Å². The Balaban J connectivity index is 1.60. The highest BCUT2D eigenvalue weighted by Gasteiger charge is 2.40. The van der Waals surface area contributed by atoms with Crippen molar-refractivity contribution in [1.82, 2.24) is 15.5 Å². The molecule has 0 spiro atoms. The van der Waals surface area contributed by atoms with Crippen LogP contribution >= 0.6 is 0 Å². The number of carbonyl (C=O) groups is 3. The lowest BCUT2D eigenvalue weighted by Gasteiger charge is -2.33. The highest BCUT2D eigenvalue weighted by molar-refractivity contribution is 5.94. The zero-order valence-electron chi connectivity index (χ0n) is 13.5. The smallest absolute Gasteiger partial charge is 0.253 e. The molecule has 0 saturated carbocycles. The SMILES string of the molecule is C=CC(=O)NCc1ccc(C(=O)N2CC[C@H]3C(=O)NC[C@H]3C2)cc1. The van der Waals surface area contributed by atoms with E-state index < -0.39 is 0 Å². The van der Waals surface area contributed by atoms with Gasteiger partial charge in [0.15, 0.2) is 0 Å². The van der Waals surface area contributed by atoms with Crippen molar-refractivity contribution in [3.05, 3.63) is 48.0 Å². The number of benzene rings is 1. The first-order valence-electron chi connectivity index (χ1n) is 8.14. The third-order valence-corrected chi connectivity index (χ3v) is 4.75. The number of piperidine rings is 1. The van der Waals surface area contributed by atoms with Gasteiger partial charge in [-0.15, -0.1) is 0 Å². The molecule has 0 bridgehead atoms. The maximum absolute atomic E-state index is 12.6. The first-order valence-corrected chi connectivity index (χ1v) is 8.14. The van der Waals surface area contributed by atoms with E-state index in [2.05, 4.69) is 17.2 Å². The molecule has 0 unspecified atom stereocenters. The number of fused-ring (bicyclic) bond motifs is 1. The highest BCUT2D eigenvalue weighted by atomic mass is 16.2. The van der Waals surface area contributed by atoms with E-state index in [1.54, 1.807) is 12.1 Å². The molecule has 2 aliphatic heterocycles. The molecule has 6 nitrogen and oxygen atoms in total. The van der Waals surface area contributed by atoms with Crippen molar-refractivity contribution in [3.8, 4) is 0 Å². The van der Waals surface area contributed by atoms with Crippen LogP contribution in [-0.4, -0.2) is 42.3 Å². The summed E-state index contributed by atoms with van der Waals surface area (Å²) in [7, 11) is 0. The predicted octanol–water partition coefficient (Wildman–Crippen LogP) is 0.697. The van der Waals surface area contributed by atoms with Crippen molar-refractivity contribution < 1.29 is 14.4 Å². The molecule has 2 saturated heterocycles. The van der Waals surface area contributed by atoms with Gasteiger partial charge in [-0.25, -0.2) is 0 Å². The molecule has 24 heavy (non-hydrogen) atoms. The minimum absolute atomic E-state index is 0.00511. The minimum Gasteiger partial charge on any atom is -0.355 e. The third-order valence-electron chi connectivity index (χ3n) is 4.75. The molecule has 2 aliphatic rings. The van der Waals surface area contributed by atoms with E-state index in [0.717, 1.165) is 12.0 Å². The van der Waals surface area contributed by atoms with Crippen LogP contribution in [0.2, 0.25) is 0 Å². The highest BCUT2D eigenvalue weighted by Crippen LogP contribution is 2.28. The Labute approximate surface area is 140 Å². The summed E-state index contributed by atoms with van der Waals surface area (Å²) in [4.78, 5) is 37.3. The van der Waals surface area contributed by atoms with Gasteiger partial charge in [-0.3, -0.25) is 14.4 Å². The number of rotatable bonds is 4. The summed E-state index contributed by atoms with van der Waals surface area (Å²) in [5.74, 6) is 0.179. The number of hydrogen-bond donors (Lipinski definition) is 2. The second-order valence-corrected chi connectivity index (χ2v) is 6.27. The van der Waals surface area contributed by atoms with E-state index in [4.69, 9.17) is 0 Å². The number of carbonyl (C=O) groups excluding carboxylic acids is 3. The molecule has 2 fully saturated rings. The van der Waals surface area contributed by atoms with Gasteiger partial charge in [0, 0.05) is 43.6 Å². The van der Waals surface area contributed by atoms with Crippen LogP contribution in [0.3, 0.4) is 0 Å². The summed E-state index contributed by atoms with van der Waals surface area (Å²) in [5.41, 5.74) is 1.55. The van der Waals surface area contributed by atoms with E-state index in [1.807, 2.05) is 17.0 Å². The monoisotopic (exact) mass is 327 g/mol. The molecule has 3 amide bonds. The number of nitrogens with one attached hydrogen (secondary N) is 2. The van der Waals surface area contributed by atoms with Gasteiger partial charge in [0.1, 0.15) is 0 Å². The molecule has 3 rings (SSSR count). The zero-order valence-corrected chi connectivity index (χ0v) is 13.5. The Morgan fingerprint density at radius 1 is 1.33 bits per heavy atom. The Bertz CT molecular complexity index is 669. The molecular formula is C18H21N3O3. The summed E-state index contributed by atoms with van der Waals surface area (Å²) >= 11 is 0. The van der Waals surface area contributed by atoms with Gasteiger partial charge < -0.3 is 15.5 Å². The van der Waals surface area contributed by atoms with Crippen molar-refractivity contribution in [2.75, 3.05) is 19.6 Å². The summed E-state index contributed by atoms with van der Waals surface area (Å²) < 4.78 is 0. The van der Waals surface area contributed by atoms with Crippen molar-refractivity contribution in [2.24, 2.45) is 11.8 Å². The Morgan fingerprint density at radius 3 is 2.79 bits per heavy atom. The molecule has 1 aromatic rings. The second kappa shape index (κ2) is 6.86. The molecule has 0 aromatic heterocycles. The standard InChI is InChI=1S/C18H21N3O3/c1-2-16(22)19-9-12-3-5-13(6-4-12)18(24)21-8-7-15-14(11-21)10-20-17(15)23/h2-6,14-15H,1,7-11H2,(H,19,22)(H,20,23)/t14-,15+/m0/s1. The average Bonchev–Trinajstić information content (AvgIpc) is 3.00. The molecule has 2 N–H and O–H groups in total. The second-order valence-electron chi connectivity index (χ2n) is 6.27. The number of amides is 3. The summed E-state index contributed by atoms with van der Waals surface area (Å²) in [6.45, 7) is 5.71. The van der Waals surface area contributed by atoms with Crippen molar-refractivity contribution in [2.45, 2.75) is 13.0 Å². The van der Waals surface area contributed by atoms with Gasteiger partial charge in [-0.05, 0) is 30.2 Å². The molecule has 2 atom stereocenters. The Kier molecular flexibility index (Phi) is 4.64. The van der Waals surface area contributed by atoms with Gasteiger partial charge in [-0.2, -0.15) is 0 Å². The van der Waals surface area contributed by atoms with Crippen LogP contribution in [0.5, 0.6) is 0 Å². The third kappa shape index (κ3) is 3.32. The number of nitrogens with zero attached hydrogens (tertiary/aromatic N) is 1. The molecule has 0 aliphatic carbocycles. The van der Waals surface area contributed by atoms with Crippen LogP contribution in [0.1, 0.15) is 22.3 Å².